The van der Waals surface area contributed by atoms with E-state index in [1.54, 1.807) is 36.5 Å². The van der Waals surface area contributed by atoms with Crippen LogP contribution in [0.25, 0.3) is 0 Å². The van der Waals surface area contributed by atoms with Crippen molar-refractivity contribution in [2.75, 3.05) is 0 Å². The van der Waals surface area contributed by atoms with Crippen molar-refractivity contribution in [1.29, 1.82) is 0 Å². The van der Waals surface area contributed by atoms with E-state index in [4.69, 9.17) is 4.74 Å². The first-order chi connectivity index (χ1) is 16.5. The third-order valence-electron chi connectivity index (χ3n) is 5.12. The van der Waals surface area contributed by atoms with E-state index >= 15 is 0 Å². The van der Waals surface area contributed by atoms with Gasteiger partial charge in [-0.3, -0.25) is 19.2 Å². The second kappa shape index (κ2) is 11.4. The quantitative estimate of drug-likeness (QED) is 0.246. The van der Waals surface area contributed by atoms with Gasteiger partial charge in [-0.25, -0.2) is 13.9 Å². The van der Waals surface area contributed by atoms with E-state index in [0.717, 1.165) is 4.47 Å². The number of aromatic nitrogens is 1. The van der Waals surface area contributed by atoms with Gasteiger partial charge in [0.25, 0.3) is 5.91 Å². The van der Waals surface area contributed by atoms with Gasteiger partial charge in [0, 0.05) is 21.5 Å². The van der Waals surface area contributed by atoms with Gasteiger partial charge in [0.1, 0.15) is 17.5 Å². The Labute approximate surface area is 214 Å². The maximum Gasteiger partial charge on any atom is 0.263 e. The third kappa shape index (κ3) is 6.95. The number of carbonyl (C=O) groups is 1. The molecule has 0 aliphatic carbocycles. The lowest BCUT2D eigenvalue weighted by Crippen LogP contribution is -2.59. The number of carbonyl (C=O) groups excluding carboxylic acids is 1. The summed E-state index contributed by atoms with van der Waals surface area (Å²) in [4.78, 5) is 16.4. The molecule has 0 unspecified atom stereocenters. The summed E-state index contributed by atoms with van der Waals surface area (Å²) < 4.78 is 46.7. The van der Waals surface area contributed by atoms with Crippen molar-refractivity contribution in [2.24, 2.45) is 0 Å². The van der Waals surface area contributed by atoms with E-state index in [0.29, 0.717) is 17.2 Å². The summed E-state index contributed by atoms with van der Waals surface area (Å²) >= 11 is 3.34. The van der Waals surface area contributed by atoms with Crippen LogP contribution in [0.3, 0.4) is 0 Å². The van der Waals surface area contributed by atoms with Crippen molar-refractivity contribution < 1.29 is 27.4 Å². The highest BCUT2D eigenvalue weighted by molar-refractivity contribution is 9.10. The van der Waals surface area contributed by atoms with Gasteiger partial charge in [-0.15, -0.1) is 0 Å². The Morgan fingerprint density at radius 1 is 1.09 bits per heavy atom. The molecule has 1 amide bonds. The number of hydrogen-bond acceptors (Lipinski definition) is 7. The first kappa shape index (κ1) is 27.0. The fourth-order valence-electron chi connectivity index (χ4n) is 3.06. The maximum atomic E-state index is 13.1. The van der Waals surface area contributed by atoms with Crippen LogP contribution in [-0.2, 0) is 31.4 Å². The molecule has 35 heavy (non-hydrogen) atoms. The zero-order chi connectivity index (χ0) is 25.6. The molecule has 0 aliphatic rings. The van der Waals surface area contributed by atoms with E-state index in [1.165, 1.54) is 43.6 Å². The molecule has 0 radical (unpaired) electrons. The lowest BCUT2D eigenvalue weighted by atomic mass is 10.0. The van der Waals surface area contributed by atoms with E-state index in [1.807, 2.05) is 12.1 Å². The monoisotopic (exact) mass is 581 g/mol. The Hall–Kier alpha value is -2.64. The summed E-state index contributed by atoms with van der Waals surface area (Å²) in [6.45, 7) is 2.95. The molecule has 3 rings (SSSR count). The van der Waals surface area contributed by atoms with Gasteiger partial charge < -0.3 is 4.74 Å². The predicted molar refractivity (Wildman–Crippen MR) is 135 cm³/mol. The Morgan fingerprint density at radius 2 is 1.69 bits per heavy atom. The van der Waals surface area contributed by atoms with Crippen LogP contribution >= 0.6 is 15.9 Å². The number of nitrogens with one attached hydrogen (secondary N) is 2. The van der Waals surface area contributed by atoms with E-state index in [2.05, 4.69) is 25.6 Å². The molecule has 3 N–H and O–H groups in total. The highest BCUT2D eigenvalue weighted by Gasteiger charge is 2.43. The lowest BCUT2D eigenvalue weighted by molar-refractivity contribution is -0.131. The van der Waals surface area contributed by atoms with Crippen LogP contribution in [0.1, 0.15) is 19.5 Å². The first-order valence-corrected chi connectivity index (χ1v) is 13.9. The first-order valence-electron chi connectivity index (χ1n) is 10.3. The number of sulfonamides is 1. The SMILES string of the molecule is CC(C)([C@H](NS(=O)(=O)c1ccc(Oc2ccc(Br)cc2)cc1)C(=O)NO)[S@@](=O)Cc1ccccn1. The van der Waals surface area contributed by atoms with Crippen LogP contribution in [0.4, 0.5) is 0 Å². The Morgan fingerprint density at radius 3 is 2.23 bits per heavy atom. The number of rotatable bonds is 10. The Balaban J connectivity index is 1.79. The number of halogens is 1. The molecule has 12 heteroatoms. The van der Waals surface area contributed by atoms with Gasteiger partial charge >= 0.3 is 0 Å². The highest BCUT2D eigenvalue weighted by Crippen LogP contribution is 2.26. The molecular weight excluding hydrogens is 558 g/mol. The fraction of sp³-hybridized carbons (Fsp3) is 0.217. The highest BCUT2D eigenvalue weighted by atomic mass is 79.9. The summed E-state index contributed by atoms with van der Waals surface area (Å²) in [6.07, 6.45) is 1.55. The van der Waals surface area contributed by atoms with Crippen molar-refractivity contribution in [3.05, 3.63) is 83.1 Å². The van der Waals surface area contributed by atoms with Crippen LogP contribution in [0, 0.1) is 0 Å². The number of pyridine rings is 1. The zero-order valence-electron chi connectivity index (χ0n) is 18.8. The molecular formula is C23H24BrN3O6S2. The summed E-state index contributed by atoms with van der Waals surface area (Å²) in [5.41, 5.74) is 1.98. The number of nitrogens with zero attached hydrogens (tertiary/aromatic N) is 1. The van der Waals surface area contributed by atoms with Gasteiger partial charge in [-0.2, -0.15) is 4.72 Å². The molecule has 0 fully saturated rings. The fourth-order valence-corrected chi connectivity index (χ4v) is 5.98. The van der Waals surface area contributed by atoms with Crippen molar-refractivity contribution in [1.82, 2.24) is 15.2 Å². The molecule has 2 atom stereocenters. The van der Waals surface area contributed by atoms with E-state index in [9.17, 15) is 22.6 Å². The summed E-state index contributed by atoms with van der Waals surface area (Å²) in [7, 11) is -5.97. The third-order valence-corrected chi connectivity index (χ3v) is 9.05. The predicted octanol–water partition coefficient (Wildman–Crippen LogP) is 3.52. The minimum Gasteiger partial charge on any atom is -0.457 e. The van der Waals surface area contributed by atoms with Gasteiger partial charge in [-0.05, 0) is 74.5 Å². The molecule has 0 bridgehead atoms. The van der Waals surface area contributed by atoms with Crippen LogP contribution in [-0.4, -0.2) is 39.5 Å². The second-order valence-corrected chi connectivity index (χ2v) is 12.6. The molecule has 3 aromatic rings. The zero-order valence-corrected chi connectivity index (χ0v) is 22.1. The number of hydroxylamine groups is 1. The van der Waals surface area contributed by atoms with Crippen LogP contribution in [0.15, 0.2) is 82.3 Å². The minimum atomic E-state index is -4.23. The van der Waals surface area contributed by atoms with Gasteiger partial charge in [0.2, 0.25) is 10.0 Å². The Bertz CT molecular complexity index is 1290. The maximum absolute atomic E-state index is 13.1. The van der Waals surface area contributed by atoms with Crippen LogP contribution in [0.5, 0.6) is 11.5 Å². The van der Waals surface area contributed by atoms with E-state index < -0.39 is 37.5 Å². The molecule has 0 saturated carbocycles. The van der Waals surface area contributed by atoms with Crippen molar-refractivity contribution >= 4 is 42.7 Å². The van der Waals surface area contributed by atoms with Crippen molar-refractivity contribution in [3.8, 4) is 11.5 Å². The molecule has 1 heterocycles. The normalized spacial score (nSPS) is 13.6. The molecule has 0 aliphatic heterocycles. The largest absolute Gasteiger partial charge is 0.457 e. The molecule has 0 spiro atoms. The minimum absolute atomic E-state index is 0.00707. The second-order valence-electron chi connectivity index (χ2n) is 7.97. The van der Waals surface area contributed by atoms with Gasteiger partial charge in [0.05, 0.1) is 21.1 Å². The van der Waals surface area contributed by atoms with Crippen LogP contribution < -0.4 is 14.9 Å². The standard InChI is InChI=1S/C23H24BrN3O6S2/c1-23(2,34(30)15-17-5-3-4-14-25-17)21(22(28)26-29)27-35(31,32)20-12-10-19(11-13-20)33-18-8-6-16(24)7-9-18/h3-14,21,27,29H,15H2,1-2H3,(H,26,28)/t21-,34+/m1/s1. The summed E-state index contributed by atoms with van der Waals surface area (Å²) in [5.74, 6) is -0.0676. The van der Waals surface area contributed by atoms with Gasteiger partial charge in [-0.1, -0.05) is 22.0 Å². The molecule has 186 valence electrons. The number of hydrogen-bond donors (Lipinski definition) is 3. The topological polar surface area (TPSA) is 135 Å². The average molecular weight is 582 g/mol. The van der Waals surface area contributed by atoms with Crippen LogP contribution in [0.2, 0.25) is 0 Å². The Kier molecular flexibility index (Phi) is 8.78. The van der Waals surface area contributed by atoms with Gasteiger partial charge in [0.15, 0.2) is 0 Å². The summed E-state index contributed by atoms with van der Waals surface area (Å²) in [6, 6.07) is 16.3. The molecule has 2 aromatic carbocycles. The lowest BCUT2D eigenvalue weighted by Gasteiger charge is -2.32. The smallest absolute Gasteiger partial charge is 0.263 e. The molecule has 0 saturated heterocycles. The molecule has 9 nitrogen and oxygen atoms in total. The number of ether oxygens (including phenoxy) is 1. The average Bonchev–Trinajstić information content (AvgIpc) is 2.84. The number of benzene rings is 2. The van der Waals surface area contributed by atoms with Crippen molar-refractivity contribution in [3.63, 3.8) is 0 Å². The number of amides is 1. The summed E-state index contributed by atoms with van der Waals surface area (Å²) in [5, 5.41) is 9.24. The molecule has 1 aromatic heterocycles. The van der Waals surface area contributed by atoms with E-state index in [-0.39, 0.29) is 10.6 Å². The van der Waals surface area contributed by atoms with Crippen molar-refractivity contribution in [2.45, 2.75) is 35.3 Å².